The zero-order valence-corrected chi connectivity index (χ0v) is 8.77. The van der Waals surface area contributed by atoms with Crippen molar-refractivity contribution in [2.45, 2.75) is 0 Å². The summed E-state index contributed by atoms with van der Waals surface area (Å²) in [7, 11) is 0. The Balaban J connectivity index is 3.08. The number of halogens is 1. The number of alkyl halides is 1. The van der Waals surface area contributed by atoms with Crippen LogP contribution in [0.4, 0.5) is 11.5 Å². The first-order valence-corrected chi connectivity index (χ1v) is 4.89. The van der Waals surface area contributed by atoms with E-state index in [4.69, 9.17) is 5.73 Å². The van der Waals surface area contributed by atoms with E-state index in [-0.39, 0.29) is 11.5 Å². The van der Waals surface area contributed by atoms with Crippen molar-refractivity contribution in [1.29, 1.82) is 0 Å². The van der Waals surface area contributed by atoms with Crippen molar-refractivity contribution in [3.05, 3.63) is 34.0 Å². The minimum absolute atomic E-state index is 0.0616. The molecule has 0 radical (unpaired) electrons. The van der Waals surface area contributed by atoms with Gasteiger partial charge in [-0.05, 0) is 0 Å². The lowest BCUT2D eigenvalue weighted by Gasteiger charge is -1.98. The first-order chi connectivity index (χ1) is 6.65. The van der Waals surface area contributed by atoms with Crippen molar-refractivity contribution in [2.24, 2.45) is 0 Å². The summed E-state index contributed by atoms with van der Waals surface area (Å²) in [6.45, 7) is 0. The first kappa shape index (κ1) is 10.6. The van der Waals surface area contributed by atoms with Crippen LogP contribution in [0.3, 0.4) is 0 Å². The molecule has 0 aliphatic heterocycles. The van der Waals surface area contributed by atoms with Crippen LogP contribution >= 0.6 is 15.9 Å². The van der Waals surface area contributed by atoms with Crippen LogP contribution in [-0.2, 0) is 0 Å². The topological polar surface area (TPSA) is 82.0 Å². The molecule has 0 amide bonds. The number of anilines is 1. The molecular formula is C8H8BrN3O2. The zero-order valence-electron chi connectivity index (χ0n) is 7.18. The molecule has 0 atom stereocenters. The Bertz CT molecular complexity index is 379. The number of nitrogen functional groups attached to an aromatic ring is 1. The number of hydrogen-bond acceptors (Lipinski definition) is 4. The van der Waals surface area contributed by atoms with E-state index in [1.54, 1.807) is 12.2 Å². The number of nitro groups is 1. The Morgan fingerprint density at radius 1 is 1.71 bits per heavy atom. The molecule has 1 aromatic rings. The van der Waals surface area contributed by atoms with Crippen molar-refractivity contribution in [3.63, 3.8) is 0 Å². The number of allylic oxidation sites excluding steroid dienone is 1. The van der Waals surface area contributed by atoms with Crippen LogP contribution < -0.4 is 5.73 Å². The van der Waals surface area contributed by atoms with E-state index in [2.05, 4.69) is 20.9 Å². The number of nitrogens with two attached hydrogens (primary N) is 1. The maximum Gasteiger partial charge on any atom is 0.288 e. The molecule has 2 N–H and O–H groups in total. The van der Waals surface area contributed by atoms with Crippen LogP contribution in [0.25, 0.3) is 6.08 Å². The molecular weight excluding hydrogens is 250 g/mol. The predicted molar refractivity (Wildman–Crippen MR) is 58.1 cm³/mol. The Morgan fingerprint density at radius 3 is 3.00 bits per heavy atom. The van der Waals surface area contributed by atoms with E-state index in [9.17, 15) is 10.1 Å². The molecule has 1 aromatic heterocycles. The quantitative estimate of drug-likeness (QED) is 0.510. The third-order valence-electron chi connectivity index (χ3n) is 1.53. The van der Waals surface area contributed by atoms with Gasteiger partial charge < -0.3 is 5.73 Å². The lowest BCUT2D eigenvalue weighted by Crippen LogP contribution is -1.96. The molecule has 0 spiro atoms. The average Bonchev–Trinajstić information content (AvgIpc) is 2.16. The highest BCUT2D eigenvalue weighted by Gasteiger charge is 2.07. The van der Waals surface area contributed by atoms with Crippen LogP contribution in [0.5, 0.6) is 0 Å². The van der Waals surface area contributed by atoms with Gasteiger partial charge in [0.05, 0.1) is 4.92 Å². The van der Waals surface area contributed by atoms with E-state index in [1.807, 2.05) is 0 Å². The molecule has 0 aromatic carbocycles. The van der Waals surface area contributed by atoms with Gasteiger partial charge in [-0.2, -0.15) is 0 Å². The van der Waals surface area contributed by atoms with E-state index in [0.717, 1.165) is 6.20 Å². The van der Waals surface area contributed by atoms with E-state index in [0.29, 0.717) is 10.9 Å². The van der Waals surface area contributed by atoms with Gasteiger partial charge >= 0.3 is 0 Å². The summed E-state index contributed by atoms with van der Waals surface area (Å²) < 4.78 is 0. The summed E-state index contributed by atoms with van der Waals surface area (Å²) in [5.41, 5.74) is 6.02. The number of aromatic nitrogens is 1. The van der Waals surface area contributed by atoms with E-state index < -0.39 is 4.92 Å². The highest BCUT2D eigenvalue weighted by Crippen LogP contribution is 2.17. The predicted octanol–water partition coefficient (Wildman–Crippen LogP) is 1.98. The van der Waals surface area contributed by atoms with Gasteiger partial charge in [0, 0.05) is 17.0 Å². The van der Waals surface area contributed by atoms with Gasteiger partial charge in [-0.3, -0.25) is 10.1 Å². The lowest BCUT2D eigenvalue weighted by atomic mass is 10.2. The molecule has 0 bridgehead atoms. The Hall–Kier alpha value is -1.43. The monoisotopic (exact) mass is 257 g/mol. The highest BCUT2D eigenvalue weighted by molar-refractivity contribution is 9.09. The summed E-state index contributed by atoms with van der Waals surface area (Å²) in [5.74, 6) is 0.285. The van der Waals surface area contributed by atoms with E-state index in [1.165, 1.54) is 6.07 Å². The minimum atomic E-state index is -0.502. The Labute approximate surface area is 88.9 Å². The largest absolute Gasteiger partial charge is 0.383 e. The molecule has 6 heteroatoms. The molecule has 1 rings (SSSR count). The Kier molecular flexibility index (Phi) is 3.58. The van der Waals surface area contributed by atoms with Crippen LogP contribution in [0.1, 0.15) is 5.56 Å². The van der Waals surface area contributed by atoms with Gasteiger partial charge in [-0.25, -0.2) is 4.98 Å². The second-order valence-corrected chi connectivity index (χ2v) is 3.13. The summed E-state index contributed by atoms with van der Waals surface area (Å²) in [4.78, 5) is 13.7. The van der Waals surface area contributed by atoms with Gasteiger partial charge in [0.2, 0.25) is 0 Å². The van der Waals surface area contributed by atoms with Gasteiger partial charge in [0.15, 0.2) is 0 Å². The molecule has 0 aliphatic rings. The summed E-state index contributed by atoms with van der Waals surface area (Å²) in [6.07, 6.45) is 4.61. The maximum absolute atomic E-state index is 10.4. The number of hydrogen-bond donors (Lipinski definition) is 1. The molecule has 1 heterocycles. The van der Waals surface area contributed by atoms with Crippen molar-refractivity contribution in [3.8, 4) is 0 Å². The standard InChI is InChI=1S/C8H8BrN3O2/c9-3-1-2-6-4-7(12(13)14)5-11-8(6)10/h1-2,4-5H,3H2,(H2,10,11). The maximum atomic E-state index is 10.4. The highest BCUT2D eigenvalue weighted by atomic mass is 79.9. The molecule has 0 aliphatic carbocycles. The Morgan fingerprint density at radius 2 is 2.43 bits per heavy atom. The van der Waals surface area contributed by atoms with Crippen LogP contribution in [0.15, 0.2) is 18.3 Å². The fraction of sp³-hybridized carbons (Fsp3) is 0.125. The van der Waals surface area contributed by atoms with Crippen molar-refractivity contribution >= 4 is 33.5 Å². The first-order valence-electron chi connectivity index (χ1n) is 3.77. The molecule has 5 nitrogen and oxygen atoms in total. The molecule has 0 saturated heterocycles. The minimum Gasteiger partial charge on any atom is -0.383 e. The third-order valence-corrected chi connectivity index (χ3v) is 1.91. The molecule has 74 valence electrons. The van der Waals surface area contributed by atoms with Gasteiger partial charge in [-0.15, -0.1) is 0 Å². The van der Waals surface area contributed by atoms with Crippen molar-refractivity contribution in [1.82, 2.24) is 4.98 Å². The van der Waals surface area contributed by atoms with Crippen LogP contribution in [-0.4, -0.2) is 15.2 Å². The summed E-state index contributed by atoms with van der Waals surface area (Å²) >= 11 is 3.20. The zero-order chi connectivity index (χ0) is 10.6. The SMILES string of the molecule is Nc1ncc([N+](=O)[O-])cc1C=CCBr. The van der Waals surface area contributed by atoms with Crippen molar-refractivity contribution in [2.75, 3.05) is 11.1 Å². The van der Waals surface area contributed by atoms with Crippen LogP contribution in [0, 0.1) is 10.1 Å². The molecule has 0 fully saturated rings. The van der Waals surface area contributed by atoms with Gasteiger partial charge in [0.25, 0.3) is 5.69 Å². The van der Waals surface area contributed by atoms with Gasteiger partial charge in [0.1, 0.15) is 12.0 Å². The summed E-state index contributed by atoms with van der Waals surface area (Å²) in [6, 6.07) is 1.39. The number of nitrogens with zero attached hydrogens (tertiary/aromatic N) is 2. The normalized spacial score (nSPS) is 10.6. The fourth-order valence-electron chi connectivity index (χ4n) is 0.886. The molecule has 14 heavy (non-hydrogen) atoms. The fourth-order valence-corrected chi connectivity index (χ4v) is 1.07. The second kappa shape index (κ2) is 4.71. The van der Waals surface area contributed by atoms with Crippen LogP contribution in [0.2, 0.25) is 0 Å². The molecule has 0 saturated carbocycles. The average molecular weight is 258 g/mol. The number of rotatable bonds is 3. The third kappa shape index (κ3) is 2.53. The van der Waals surface area contributed by atoms with E-state index >= 15 is 0 Å². The second-order valence-electron chi connectivity index (χ2n) is 2.48. The number of pyridine rings is 1. The van der Waals surface area contributed by atoms with Gasteiger partial charge in [-0.1, -0.05) is 28.1 Å². The lowest BCUT2D eigenvalue weighted by molar-refractivity contribution is -0.385. The summed E-state index contributed by atoms with van der Waals surface area (Å²) in [5, 5.41) is 11.1. The van der Waals surface area contributed by atoms with Crippen molar-refractivity contribution < 1.29 is 4.92 Å². The molecule has 0 unspecified atom stereocenters. The smallest absolute Gasteiger partial charge is 0.288 e.